The number of nitrogens with zero attached hydrogens (tertiary/aromatic N) is 2. The Morgan fingerprint density at radius 1 is 1.27 bits per heavy atom. The summed E-state index contributed by atoms with van der Waals surface area (Å²) in [6.45, 7) is 0. The van der Waals surface area contributed by atoms with Crippen LogP contribution in [0.15, 0.2) is 35.2 Å². The van der Waals surface area contributed by atoms with Crippen molar-refractivity contribution in [3.63, 3.8) is 0 Å². The second-order valence-electron chi connectivity index (χ2n) is 1.97. The molecule has 1 radical (unpaired) electrons. The maximum Gasteiger partial charge on any atom is 0.245 e. The van der Waals surface area contributed by atoms with E-state index < -0.39 is 0 Å². The zero-order valence-corrected chi connectivity index (χ0v) is 5.69. The Kier molecular flexibility index (Phi) is 1.41. The van der Waals surface area contributed by atoms with E-state index in [-0.39, 0.29) is 0 Å². The molecule has 2 aromatic heterocycles. The number of hydrogen-bond donors (Lipinski definition) is 0. The molecule has 0 saturated heterocycles. The van der Waals surface area contributed by atoms with Gasteiger partial charge >= 0.3 is 0 Å². The van der Waals surface area contributed by atoms with Crippen LogP contribution in [0.2, 0.25) is 0 Å². The molecule has 0 atom stereocenters. The zero-order valence-electron chi connectivity index (χ0n) is 5.69. The highest BCUT2D eigenvalue weighted by Gasteiger charge is 2.00. The van der Waals surface area contributed by atoms with Gasteiger partial charge in [0, 0.05) is 12.3 Å². The number of pyridine rings is 1. The van der Waals surface area contributed by atoms with Crippen molar-refractivity contribution in [2.75, 3.05) is 0 Å². The highest BCUT2D eigenvalue weighted by molar-refractivity contribution is 5.44. The quantitative estimate of drug-likeness (QED) is 0.610. The Hall–Kier alpha value is -1.64. The Balaban J connectivity index is 2.46. The first-order valence-corrected chi connectivity index (χ1v) is 3.19. The van der Waals surface area contributed by atoms with Crippen molar-refractivity contribution in [2.24, 2.45) is 0 Å². The molecule has 0 aromatic carbocycles. The van der Waals surface area contributed by atoms with Crippen LogP contribution in [-0.4, -0.2) is 9.97 Å². The van der Waals surface area contributed by atoms with Crippen molar-refractivity contribution in [1.29, 1.82) is 0 Å². The van der Waals surface area contributed by atoms with E-state index in [1.807, 2.05) is 0 Å². The van der Waals surface area contributed by atoms with E-state index >= 15 is 0 Å². The highest BCUT2D eigenvalue weighted by Crippen LogP contribution is 2.10. The molecule has 0 N–H and O–H groups in total. The average molecular weight is 145 g/mol. The molecule has 2 aromatic rings. The summed E-state index contributed by atoms with van der Waals surface area (Å²) in [5, 5.41) is 0. The van der Waals surface area contributed by atoms with Gasteiger partial charge in [-0.25, -0.2) is 4.98 Å². The smallest absolute Gasteiger partial charge is 0.245 e. The van der Waals surface area contributed by atoms with Gasteiger partial charge in [-0.1, -0.05) is 6.07 Å². The van der Waals surface area contributed by atoms with E-state index in [9.17, 15) is 0 Å². The van der Waals surface area contributed by atoms with E-state index in [1.54, 1.807) is 24.5 Å². The monoisotopic (exact) mass is 145 g/mol. The van der Waals surface area contributed by atoms with Crippen molar-refractivity contribution in [3.05, 3.63) is 36.9 Å². The van der Waals surface area contributed by atoms with Crippen LogP contribution in [0.4, 0.5) is 0 Å². The Morgan fingerprint density at radius 3 is 2.91 bits per heavy atom. The number of oxazole rings is 1. The van der Waals surface area contributed by atoms with Gasteiger partial charge in [-0.2, -0.15) is 0 Å². The van der Waals surface area contributed by atoms with Gasteiger partial charge in [0.25, 0.3) is 0 Å². The van der Waals surface area contributed by atoms with E-state index in [2.05, 4.69) is 16.0 Å². The van der Waals surface area contributed by atoms with Gasteiger partial charge in [0.15, 0.2) is 0 Å². The third-order valence-corrected chi connectivity index (χ3v) is 1.24. The highest BCUT2D eigenvalue weighted by atomic mass is 16.3. The molecule has 11 heavy (non-hydrogen) atoms. The van der Waals surface area contributed by atoms with Crippen molar-refractivity contribution in [3.8, 4) is 11.6 Å². The molecule has 2 heterocycles. The normalized spacial score (nSPS) is 9.82. The fourth-order valence-corrected chi connectivity index (χ4v) is 0.782. The fourth-order valence-electron chi connectivity index (χ4n) is 0.782. The van der Waals surface area contributed by atoms with Crippen molar-refractivity contribution in [1.82, 2.24) is 9.97 Å². The maximum absolute atomic E-state index is 5.01. The van der Waals surface area contributed by atoms with Gasteiger partial charge in [0.1, 0.15) is 12.0 Å². The van der Waals surface area contributed by atoms with E-state index in [1.165, 1.54) is 6.26 Å². The van der Waals surface area contributed by atoms with Crippen LogP contribution in [0, 0.1) is 6.07 Å². The first kappa shape index (κ1) is 6.09. The SMILES string of the molecule is [c]1cccnc1-c1ncco1. The van der Waals surface area contributed by atoms with Gasteiger partial charge in [-0.05, 0) is 6.07 Å². The van der Waals surface area contributed by atoms with Gasteiger partial charge in [-0.15, -0.1) is 0 Å². The summed E-state index contributed by atoms with van der Waals surface area (Å²) in [4.78, 5) is 7.94. The molecular formula is C8H5N2O. The maximum atomic E-state index is 5.01. The summed E-state index contributed by atoms with van der Waals surface area (Å²) in [7, 11) is 0. The lowest BCUT2D eigenvalue weighted by molar-refractivity contribution is 0.572. The molecule has 0 spiro atoms. The molecule has 53 valence electrons. The first-order valence-electron chi connectivity index (χ1n) is 3.19. The minimum atomic E-state index is 0.505. The van der Waals surface area contributed by atoms with Crippen LogP contribution in [0.25, 0.3) is 11.6 Å². The summed E-state index contributed by atoms with van der Waals surface area (Å²) in [5.74, 6) is 0.505. The second kappa shape index (κ2) is 2.54. The third-order valence-electron chi connectivity index (χ3n) is 1.24. The molecule has 0 amide bonds. The topological polar surface area (TPSA) is 38.9 Å². The average Bonchev–Trinajstić information content (AvgIpc) is 2.58. The van der Waals surface area contributed by atoms with Crippen molar-refractivity contribution >= 4 is 0 Å². The Labute approximate surface area is 63.7 Å². The van der Waals surface area contributed by atoms with Gasteiger partial charge in [0.2, 0.25) is 5.89 Å². The molecule has 3 heteroatoms. The fraction of sp³-hybridized carbons (Fsp3) is 0. The second-order valence-corrected chi connectivity index (χ2v) is 1.97. The first-order chi connectivity index (χ1) is 5.47. The summed E-state index contributed by atoms with van der Waals surface area (Å²) < 4.78 is 5.01. The predicted octanol–water partition coefficient (Wildman–Crippen LogP) is 1.54. The molecule has 0 unspecified atom stereocenters. The third kappa shape index (κ3) is 1.12. The van der Waals surface area contributed by atoms with Gasteiger partial charge in [-0.3, -0.25) is 4.98 Å². The standard InChI is InChI=1S/C8H5N2O/c1-2-4-9-7(3-1)8-10-5-6-11-8/h1-2,4-6H. The Morgan fingerprint density at radius 2 is 2.27 bits per heavy atom. The predicted molar refractivity (Wildman–Crippen MR) is 38.6 cm³/mol. The van der Waals surface area contributed by atoms with Crippen LogP contribution in [0.1, 0.15) is 0 Å². The number of hydrogen-bond acceptors (Lipinski definition) is 3. The summed E-state index contributed by atoms with van der Waals surface area (Å²) in [6, 6.07) is 6.47. The van der Waals surface area contributed by atoms with E-state index in [0.29, 0.717) is 11.6 Å². The molecule has 0 aliphatic rings. The van der Waals surface area contributed by atoms with Crippen LogP contribution < -0.4 is 0 Å². The summed E-state index contributed by atoms with van der Waals surface area (Å²) in [6.07, 6.45) is 4.77. The van der Waals surface area contributed by atoms with Gasteiger partial charge < -0.3 is 4.42 Å². The lowest BCUT2D eigenvalue weighted by Gasteiger charge is -1.89. The van der Waals surface area contributed by atoms with Crippen LogP contribution in [-0.2, 0) is 0 Å². The molecular weight excluding hydrogens is 140 g/mol. The molecule has 0 bridgehead atoms. The van der Waals surface area contributed by atoms with Crippen LogP contribution in [0.5, 0.6) is 0 Å². The zero-order chi connectivity index (χ0) is 7.52. The van der Waals surface area contributed by atoms with Gasteiger partial charge in [0.05, 0.1) is 6.20 Å². The summed E-state index contributed by atoms with van der Waals surface area (Å²) >= 11 is 0. The van der Waals surface area contributed by atoms with E-state index in [4.69, 9.17) is 4.42 Å². The molecule has 3 nitrogen and oxygen atoms in total. The molecule has 0 aliphatic heterocycles. The lowest BCUT2D eigenvalue weighted by Crippen LogP contribution is -1.80. The lowest BCUT2D eigenvalue weighted by atomic mass is 10.3. The number of aromatic nitrogens is 2. The number of rotatable bonds is 1. The minimum Gasteiger partial charge on any atom is -0.443 e. The molecule has 0 aliphatic carbocycles. The van der Waals surface area contributed by atoms with Crippen molar-refractivity contribution < 1.29 is 4.42 Å². The van der Waals surface area contributed by atoms with E-state index in [0.717, 1.165) is 0 Å². The van der Waals surface area contributed by atoms with Crippen molar-refractivity contribution in [2.45, 2.75) is 0 Å². The summed E-state index contributed by atoms with van der Waals surface area (Å²) in [5.41, 5.74) is 0.637. The largest absolute Gasteiger partial charge is 0.443 e. The van der Waals surface area contributed by atoms with Crippen LogP contribution >= 0.6 is 0 Å². The molecule has 2 rings (SSSR count). The minimum absolute atomic E-state index is 0.505. The van der Waals surface area contributed by atoms with Crippen LogP contribution in [0.3, 0.4) is 0 Å². The molecule has 0 saturated carbocycles. The molecule has 0 fully saturated rings. The Bertz CT molecular complexity index is 315.